The van der Waals surface area contributed by atoms with Crippen LogP contribution in [0, 0.1) is 0 Å². The van der Waals surface area contributed by atoms with Crippen molar-refractivity contribution in [2.24, 2.45) is 7.05 Å². The summed E-state index contributed by atoms with van der Waals surface area (Å²) in [5, 5.41) is 15.6. The molecule has 1 aliphatic rings. The summed E-state index contributed by atoms with van der Waals surface area (Å²) in [4.78, 5) is 0. The first-order valence-electron chi connectivity index (χ1n) is 5.92. The SMILES string of the molecule is Cn1nc(C2CCCC2)c2cccc(O)c21. The quantitative estimate of drug-likeness (QED) is 0.795. The van der Waals surface area contributed by atoms with Crippen molar-refractivity contribution in [1.29, 1.82) is 0 Å². The summed E-state index contributed by atoms with van der Waals surface area (Å²) in [5.74, 6) is 0.919. The molecule has 0 amide bonds. The highest BCUT2D eigenvalue weighted by molar-refractivity contribution is 5.87. The van der Waals surface area contributed by atoms with Gasteiger partial charge in [-0.15, -0.1) is 0 Å². The summed E-state index contributed by atoms with van der Waals surface area (Å²) in [5.41, 5.74) is 2.04. The second kappa shape index (κ2) is 3.51. The molecule has 1 aromatic heterocycles. The number of phenolic OH excluding ortho intramolecular Hbond substituents is 1. The van der Waals surface area contributed by atoms with E-state index in [1.165, 1.54) is 31.4 Å². The van der Waals surface area contributed by atoms with Gasteiger partial charge in [0.15, 0.2) is 0 Å². The Morgan fingerprint density at radius 2 is 2.06 bits per heavy atom. The van der Waals surface area contributed by atoms with Crippen molar-refractivity contribution in [2.45, 2.75) is 31.6 Å². The third kappa shape index (κ3) is 1.31. The van der Waals surface area contributed by atoms with E-state index in [-0.39, 0.29) is 0 Å². The van der Waals surface area contributed by atoms with E-state index in [0.717, 1.165) is 10.9 Å². The Morgan fingerprint density at radius 1 is 1.31 bits per heavy atom. The second-order valence-electron chi connectivity index (χ2n) is 4.66. The zero-order valence-corrected chi connectivity index (χ0v) is 9.48. The van der Waals surface area contributed by atoms with Crippen LogP contribution in [0.25, 0.3) is 10.9 Å². The van der Waals surface area contributed by atoms with Gasteiger partial charge in [0.05, 0.1) is 5.69 Å². The Balaban J connectivity index is 2.22. The zero-order chi connectivity index (χ0) is 11.1. The molecular weight excluding hydrogens is 200 g/mol. The number of rotatable bonds is 1. The molecule has 0 unspecified atom stereocenters. The number of hydrogen-bond acceptors (Lipinski definition) is 2. The number of aryl methyl sites for hydroxylation is 1. The van der Waals surface area contributed by atoms with Gasteiger partial charge in [-0.25, -0.2) is 0 Å². The molecule has 0 aliphatic heterocycles. The molecule has 84 valence electrons. The fourth-order valence-electron chi connectivity index (χ4n) is 2.84. The molecule has 3 heteroatoms. The molecule has 0 saturated heterocycles. The van der Waals surface area contributed by atoms with Crippen molar-refractivity contribution in [3.05, 3.63) is 23.9 Å². The summed E-state index contributed by atoms with van der Waals surface area (Å²) in [6.07, 6.45) is 5.09. The number of fused-ring (bicyclic) bond motifs is 1. The van der Waals surface area contributed by atoms with Crippen molar-refractivity contribution in [3.63, 3.8) is 0 Å². The molecular formula is C13H16N2O. The Bertz CT molecular complexity index is 524. The molecule has 3 nitrogen and oxygen atoms in total. The first-order chi connectivity index (χ1) is 7.77. The van der Waals surface area contributed by atoms with Crippen LogP contribution in [0.3, 0.4) is 0 Å². The fraction of sp³-hybridized carbons (Fsp3) is 0.462. The van der Waals surface area contributed by atoms with E-state index in [0.29, 0.717) is 11.7 Å². The summed E-state index contributed by atoms with van der Waals surface area (Å²) >= 11 is 0. The van der Waals surface area contributed by atoms with Crippen LogP contribution in [-0.4, -0.2) is 14.9 Å². The minimum absolute atomic E-state index is 0.330. The van der Waals surface area contributed by atoms with E-state index in [9.17, 15) is 5.11 Å². The standard InChI is InChI=1S/C13H16N2O/c1-15-13-10(7-4-8-11(13)16)12(14-15)9-5-2-3-6-9/h4,7-9,16H,2-3,5-6H2,1H3. The molecule has 1 aliphatic carbocycles. The highest BCUT2D eigenvalue weighted by Gasteiger charge is 2.23. The van der Waals surface area contributed by atoms with E-state index in [2.05, 4.69) is 11.2 Å². The van der Waals surface area contributed by atoms with Crippen LogP contribution in [0.5, 0.6) is 5.75 Å². The number of phenols is 1. The van der Waals surface area contributed by atoms with Crippen LogP contribution >= 0.6 is 0 Å². The van der Waals surface area contributed by atoms with Gasteiger partial charge in [0.1, 0.15) is 11.3 Å². The van der Waals surface area contributed by atoms with Gasteiger partial charge in [0.2, 0.25) is 0 Å². The Kier molecular flexibility index (Phi) is 2.13. The van der Waals surface area contributed by atoms with Crippen LogP contribution in [0.2, 0.25) is 0 Å². The molecule has 0 spiro atoms. The molecule has 2 aromatic rings. The molecule has 16 heavy (non-hydrogen) atoms. The minimum Gasteiger partial charge on any atom is -0.506 e. The van der Waals surface area contributed by atoms with Crippen molar-refractivity contribution in [3.8, 4) is 5.75 Å². The zero-order valence-electron chi connectivity index (χ0n) is 9.48. The number of nitrogens with zero attached hydrogens (tertiary/aromatic N) is 2. The first-order valence-corrected chi connectivity index (χ1v) is 5.92. The lowest BCUT2D eigenvalue weighted by atomic mass is 10.0. The Morgan fingerprint density at radius 3 is 2.81 bits per heavy atom. The van der Waals surface area contributed by atoms with Gasteiger partial charge in [0.25, 0.3) is 0 Å². The van der Waals surface area contributed by atoms with Crippen molar-refractivity contribution >= 4 is 10.9 Å². The van der Waals surface area contributed by atoms with Gasteiger partial charge in [-0.2, -0.15) is 5.10 Å². The second-order valence-corrected chi connectivity index (χ2v) is 4.66. The monoisotopic (exact) mass is 216 g/mol. The maximum Gasteiger partial charge on any atom is 0.141 e. The van der Waals surface area contributed by atoms with E-state index in [1.54, 1.807) is 10.7 Å². The summed E-state index contributed by atoms with van der Waals surface area (Å²) < 4.78 is 1.80. The van der Waals surface area contributed by atoms with Crippen LogP contribution in [-0.2, 0) is 7.05 Å². The number of benzene rings is 1. The van der Waals surface area contributed by atoms with Crippen LogP contribution < -0.4 is 0 Å². The molecule has 0 atom stereocenters. The van der Waals surface area contributed by atoms with Crippen LogP contribution in [0.4, 0.5) is 0 Å². The average molecular weight is 216 g/mol. The van der Waals surface area contributed by atoms with Crippen LogP contribution in [0.15, 0.2) is 18.2 Å². The van der Waals surface area contributed by atoms with Gasteiger partial charge in [-0.05, 0) is 18.9 Å². The number of aromatic nitrogens is 2. The molecule has 1 N–H and O–H groups in total. The number of para-hydroxylation sites is 1. The smallest absolute Gasteiger partial charge is 0.141 e. The van der Waals surface area contributed by atoms with Gasteiger partial charge >= 0.3 is 0 Å². The van der Waals surface area contributed by atoms with E-state index in [1.807, 2.05) is 13.1 Å². The molecule has 1 aromatic carbocycles. The lowest BCUT2D eigenvalue weighted by molar-refractivity contribution is 0.477. The molecule has 1 fully saturated rings. The normalized spacial score (nSPS) is 17.3. The lowest BCUT2D eigenvalue weighted by Gasteiger charge is -2.04. The highest BCUT2D eigenvalue weighted by atomic mass is 16.3. The van der Waals surface area contributed by atoms with Gasteiger partial charge in [-0.3, -0.25) is 4.68 Å². The highest BCUT2D eigenvalue weighted by Crippen LogP contribution is 2.38. The van der Waals surface area contributed by atoms with E-state index < -0.39 is 0 Å². The first kappa shape index (κ1) is 9.70. The topological polar surface area (TPSA) is 38.0 Å². The predicted octanol–water partition coefficient (Wildman–Crippen LogP) is 2.94. The molecule has 0 bridgehead atoms. The Hall–Kier alpha value is -1.51. The predicted molar refractivity (Wildman–Crippen MR) is 63.6 cm³/mol. The number of aromatic hydroxyl groups is 1. The molecule has 3 rings (SSSR count). The van der Waals surface area contributed by atoms with Crippen molar-refractivity contribution in [1.82, 2.24) is 9.78 Å². The van der Waals surface area contributed by atoms with Gasteiger partial charge < -0.3 is 5.11 Å². The van der Waals surface area contributed by atoms with Gasteiger partial charge in [-0.1, -0.05) is 25.0 Å². The maximum atomic E-state index is 9.85. The fourth-order valence-corrected chi connectivity index (χ4v) is 2.84. The summed E-state index contributed by atoms with van der Waals surface area (Å²) in [7, 11) is 1.90. The average Bonchev–Trinajstić information content (AvgIpc) is 2.86. The summed E-state index contributed by atoms with van der Waals surface area (Å²) in [6, 6.07) is 5.69. The Labute approximate surface area is 94.7 Å². The largest absolute Gasteiger partial charge is 0.506 e. The molecule has 1 saturated carbocycles. The summed E-state index contributed by atoms with van der Waals surface area (Å²) in [6.45, 7) is 0. The third-order valence-electron chi connectivity index (χ3n) is 3.61. The lowest BCUT2D eigenvalue weighted by Crippen LogP contribution is -1.96. The van der Waals surface area contributed by atoms with Crippen LogP contribution in [0.1, 0.15) is 37.3 Å². The molecule has 0 radical (unpaired) electrons. The minimum atomic E-state index is 0.330. The molecule has 1 heterocycles. The van der Waals surface area contributed by atoms with E-state index >= 15 is 0 Å². The van der Waals surface area contributed by atoms with E-state index in [4.69, 9.17) is 0 Å². The van der Waals surface area contributed by atoms with Gasteiger partial charge in [0, 0.05) is 18.4 Å². The number of hydrogen-bond donors (Lipinski definition) is 1. The maximum absolute atomic E-state index is 9.85. The van der Waals surface area contributed by atoms with Crippen molar-refractivity contribution in [2.75, 3.05) is 0 Å². The van der Waals surface area contributed by atoms with Crippen molar-refractivity contribution < 1.29 is 5.11 Å². The third-order valence-corrected chi connectivity index (χ3v) is 3.61.